The molecular formula is C21H21N3O5. The van der Waals surface area contributed by atoms with Crippen molar-refractivity contribution in [2.45, 2.75) is 37.6 Å². The van der Waals surface area contributed by atoms with Crippen LogP contribution in [0.25, 0.3) is 0 Å². The van der Waals surface area contributed by atoms with Gasteiger partial charge in [0.25, 0.3) is 0 Å². The van der Waals surface area contributed by atoms with Crippen LogP contribution in [-0.4, -0.2) is 33.9 Å². The van der Waals surface area contributed by atoms with Gasteiger partial charge in [-0.3, -0.25) is 4.79 Å². The van der Waals surface area contributed by atoms with E-state index in [0.717, 1.165) is 0 Å². The first kappa shape index (κ1) is 20.2. The van der Waals surface area contributed by atoms with Gasteiger partial charge in [-0.25, -0.2) is 4.79 Å². The number of aliphatic hydroxyl groups excluding tert-OH is 1. The second kappa shape index (κ2) is 7.81. The summed E-state index contributed by atoms with van der Waals surface area (Å²) in [5.74, 6) is -0.194. The summed E-state index contributed by atoms with van der Waals surface area (Å²) in [6.07, 6.45) is -2.48. The number of benzene rings is 2. The first-order valence-corrected chi connectivity index (χ1v) is 8.99. The minimum Gasteiger partial charge on any atom is -0.485 e. The van der Waals surface area contributed by atoms with Crippen LogP contribution in [0.1, 0.15) is 42.6 Å². The Morgan fingerprint density at radius 1 is 1.21 bits per heavy atom. The van der Waals surface area contributed by atoms with Crippen molar-refractivity contribution in [1.82, 2.24) is 10.6 Å². The van der Waals surface area contributed by atoms with E-state index in [-0.39, 0.29) is 0 Å². The summed E-state index contributed by atoms with van der Waals surface area (Å²) in [7, 11) is 0. The van der Waals surface area contributed by atoms with Crippen LogP contribution in [0.4, 0.5) is 4.79 Å². The number of rotatable bonds is 4. The predicted octanol–water partition coefficient (Wildman–Crippen LogP) is 2.26. The lowest BCUT2D eigenvalue weighted by molar-refractivity contribution is -0.127. The lowest BCUT2D eigenvalue weighted by atomic mass is 9.85. The van der Waals surface area contributed by atoms with Crippen molar-refractivity contribution in [1.29, 1.82) is 5.26 Å². The second-order valence-electron chi connectivity index (χ2n) is 7.29. The number of nitrogens with zero attached hydrogens (tertiary/aromatic N) is 1. The Kier molecular flexibility index (Phi) is 5.43. The molecule has 0 saturated carbocycles. The van der Waals surface area contributed by atoms with Gasteiger partial charge in [-0.1, -0.05) is 30.3 Å². The molecule has 0 radical (unpaired) electrons. The van der Waals surface area contributed by atoms with E-state index in [4.69, 9.17) is 9.84 Å². The van der Waals surface area contributed by atoms with Gasteiger partial charge in [-0.15, -0.1) is 0 Å². The van der Waals surface area contributed by atoms with E-state index < -0.39 is 35.8 Å². The van der Waals surface area contributed by atoms with E-state index in [9.17, 15) is 20.0 Å². The fourth-order valence-corrected chi connectivity index (χ4v) is 3.33. The summed E-state index contributed by atoms with van der Waals surface area (Å²) in [5, 5.41) is 34.1. The molecule has 4 N–H and O–H groups in total. The number of carboxylic acid groups (broad SMARTS) is 1. The van der Waals surface area contributed by atoms with Crippen molar-refractivity contribution >= 4 is 12.0 Å². The van der Waals surface area contributed by atoms with Gasteiger partial charge in [0.15, 0.2) is 0 Å². The highest BCUT2D eigenvalue weighted by molar-refractivity contribution is 5.87. The maximum atomic E-state index is 13.0. The maximum Gasteiger partial charge on any atom is 0.405 e. The van der Waals surface area contributed by atoms with Crippen molar-refractivity contribution in [3.63, 3.8) is 0 Å². The molecule has 2 aromatic rings. The van der Waals surface area contributed by atoms with Crippen molar-refractivity contribution in [2.24, 2.45) is 0 Å². The first-order chi connectivity index (χ1) is 13.7. The van der Waals surface area contributed by atoms with Crippen LogP contribution < -0.4 is 15.4 Å². The molecule has 0 aromatic heterocycles. The number of carbonyl (C=O) groups excluding carboxylic acids is 1. The fraction of sp³-hybridized carbons (Fsp3) is 0.286. The van der Waals surface area contributed by atoms with Crippen LogP contribution in [0.15, 0.2) is 48.5 Å². The van der Waals surface area contributed by atoms with Crippen molar-refractivity contribution in [2.75, 3.05) is 0 Å². The van der Waals surface area contributed by atoms with Crippen LogP contribution in [0, 0.1) is 11.3 Å². The number of ether oxygens (including phenoxy) is 1. The molecular weight excluding hydrogens is 374 g/mol. The molecule has 0 saturated heterocycles. The molecule has 0 spiro atoms. The standard InChI is InChI=1S/C21H21N3O5/c1-21(2)18(25)17(14-10-12(11-22)8-9-15(14)29-21)23-19(26)16(24-20(27)28)13-6-4-3-5-7-13/h3-10,16-18,24-25H,1-2H3,(H,23,26)(H,27,28)/t16-,17?,18?/m0/s1. The first-order valence-electron chi connectivity index (χ1n) is 8.99. The minimum atomic E-state index is -1.35. The van der Waals surface area contributed by atoms with Crippen LogP contribution in [0.3, 0.4) is 0 Å². The average molecular weight is 395 g/mol. The van der Waals surface area contributed by atoms with Gasteiger partial charge in [0, 0.05) is 5.56 Å². The van der Waals surface area contributed by atoms with E-state index in [2.05, 4.69) is 10.6 Å². The summed E-state index contributed by atoms with van der Waals surface area (Å²) in [6, 6.07) is 13.1. The Bertz CT molecular complexity index is 968. The molecule has 2 unspecified atom stereocenters. The molecule has 29 heavy (non-hydrogen) atoms. The predicted molar refractivity (Wildman–Crippen MR) is 103 cm³/mol. The summed E-state index contributed by atoms with van der Waals surface area (Å²) in [4.78, 5) is 24.2. The number of hydrogen-bond donors (Lipinski definition) is 4. The van der Waals surface area contributed by atoms with Gasteiger partial charge >= 0.3 is 6.09 Å². The Hall–Kier alpha value is -3.57. The second-order valence-corrected chi connectivity index (χ2v) is 7.29. The third-order valence-electron chi connectivity index (χ3n) is 4.84. The van der Waals surface area contributed by atoms with E-state index in [1.54, 1.807) is 62.4 Å². The zero-order chi connectivity index (χ0) is 21.2. The van der Waals surface area contributed by atoms with Crippen molar-refractivity contribution in [3.8, 4) is 11.8 Å². The van der Waals surface area contributed by atoms with Crippen LogP contribution in [-0.2, 0) is 4.79 Å². The van der Waals surface area contributed by atoms with Gasteiger partial charge in [0.05, 0.1) is 17.7 Å². The molecule has 3 atom stereocenters. The smallest absolute Gasteiger partial charge is 0.405 e. The number of carbonyl (C=O) groups is 2. The van der Waals surface area contributed by atoms with E-state index in [1.165, 1.54) is 0 Å². The Balaban J connectivity index is 1.97. The molecule has 0 fully saturated rings. The third-order valence-corrected chi connectivity index (χ3v) is 4.84. The monoisotopic (exact) mass is 395 g/mol. The van der Waals surface area contributed by atoms with E-state index in [0.29, 0.717) is 22.4 Å². The third kappa shape index (κ3) is 4.15. The molecule has 1 aliphatic heterocycles. The Morgan fingerprint density at radius 2 is 1.90 bits per heavy atom. The normalized spacial score (nSPS) is 20.3. The molecule has 0 aliphatic carbocycles. The molecule has 1 heterocycles. The number of nitriles is 1. The van der Waals surface area contributed by atoms with Crippen LogP contribution in [0.2, 0.25) is 0 Å². The van der Waals surface area contributed by atoms with Gasteiger partial charge in [-0.2, -0.15) is 5.26 Å². The zero-order valence-electron chi connectivity index (χ0n) is 15.9. The molecule has 0 bridgehead atoms. The van der Waals surface area contributed by atoms with Gasteiger partial charge in [0.1, 0.15) is 23.5 Å². The summed E-state index contributed by atoms with van der Waals surface area (Å²) >= 11 is 0. The number of amides is 2. The average Bonchev–Trinajstić information content (AvgIpc) is 2.69. The topological polar surface area (TPSA) is 132 Å². The van der Waals surface area contributed by atoms with Gasteiger partial charge in [0.2, 0.25) is 5.91 Å². The molecule has 2 amide bonds. The summed E-state index contributed by atoms with van der Waals surface area (Å²) < 4.78 is 5.83. The van der Waals surface area contributed by atoms with Gasteiger partial charge < -0.3 is 25.6 Å². The number of fused-ring (bicyclic) bond motifs is 1. The minimum absolute atomic E-state index is 0.349. The Labute approximate surface area is 167 Å². The highest BCUT2D eigenvalue weighted by Crippen LogP contribution is 2.40. The molecule has 2 aromatic carbocycles. The van der Waals surface area contributed by atoms with Crippen LogP contribution >= 0.6 is 0 Å². The number of nitrogens with one attached hydrogen (secondary N) is 2. The fourth-order valence-electron chi connectivity index (χ4n) is 3.33. The zero-order valence-corrected chi connectivity index (χ0v) is 15.9. The molecule has 8 heteroatoms. The van der Waals surface area contributed by atoms with Gasteiger partial charge in [-0.05, 0) is 37.6 Å². The molecule has 1 aliphatic rings. The SMILES string of the molecule is CC1(C)Oc2ccc(C#N)cc2C(NC(=O)[C@@H](NC(=O)O)c2ccccc2)C1O. The van der Waals surface area contributed by atoms with Crippen LogP contribution in [0.5, 0.6) is 5.75 Å². The summed E-state index contributed by atoms with van der Waals surface area (Å²) in [5.41, 5.74) is 0.244. The highest BCUT2D eigenvalue weighted by Gasteiger charge is 2.44. The van der Waals surface area contributed by atoms with E-state index >= 15 is 0 Å². The largest absolute Gasteiger partial charge is 0.485 e. The highest BCUT2D eigenvalue weighted by atomic mass is 16.5. The number of hydrogen-bond acceptors (Lipinski definition) is 5. The maximum absolute atomic E-state index is 13.0. The summed E-state index contributed by atoms with van der Waals surface area (Å²) in [6.45, 7) is 3.37. The lowest BCUT2D eigenvalue weighted by Gasteiger charge is -2.42. The quantitative estimate of drug-likeness (QED) is 0.628. The number of aliphatic hydroxyl groups is 1. The van der Waals surface area contributed by atoms with Crippen molar-refractivity contribution in [3.05, 3.63) is 65.2 Å². The Morgan fingerprint density at radius 3 is 2.52 bits per heavy atom. The van der Waals surface area contributed by atoms with E-state index in [1.807, 2.05) is 6.07 Å². The molecule has 8 nitrogen and oxygen atoms in total. The van der Waals surface area contributed by atoms with Crippen molar-refractivity contribution < 1.29 is 24.5 Å². The molecule has 3 rings (SSSR count). The lowest BCUT2D eigenvalue weighted by Crippen LogP contribution is -2.54. The molecule has 150 valence electrons.